The second-order valence-electron chi connectivity index (χ2n) is 28.0. The van der Waals surface area contributed by atoms with Gasteiger partial charge >= 0.3 is 39.5 Å². The molecule has 0 aliphatic carbocycles. The van der Waals surface area contributed by atoms with Gasteiger partial charge in [0, 0.05) is 25.7 Å². The van der Waals surface area contributed by atoms with E-state index in [1.807, 2.05) is 0 Å². The number of hydrogen-bond acceptors (Lipinski definition) is 15. The van der Waals surface area contributed by atoms with Gasteiger partial charge in [-0.2, -0.15) is 0 Å². The first kappa shape index (κ1) is 92.1. The fraction of sp³-hybridized carbons (Fsp3) is 0.947. The Balaban J connectivity index is 5.16. The molecule has 0 bridgehead atoms. The highest BCUT2D eigenvalue weighted by atomic mass is 31.2. The molecule has 0 fully saturated rings. The molecule has 0 aliphatic rings. The number of carbonyl (C=O) groups is 4. The molecule has 0 aromatic rings. The standard InChI is InChI=1S/C75H146O17P2/c1-8-11-12-13-32-42-49-56-72(77)85-62-70(92-75(80)59-52-45-38-31-30-33-39-46-53-66(4)5)64-89-93(81,82)87-60-69(76)61-88-94(83,84)90-65-71(63-86-73(78)57-50-43-36-28-25-24-27-35-41-48-55-68(7)10-3)91-74(79)58-51-44-37-29-23-21-19-17-15-14-16-18-20-22-26-34-40-47-54-67(6)9-2/h66-71,76H,8-65H2,1-7H3,(H,81,82)(H,83,84)/t67?,68?,69-,70+,71+/m0/s1. The molecule has 0 spiro atoms. The van der Waals surface area contributed by atoms with Gasteiger partial charge in [-0.1, -0.05) is 331 Å². The average Bonchev–Trinajstić information content (AvgIpc) is 1.26. The van der Waals surface area contributed by atoms with Gasteiger partial charge in [0.25, 0.3) is 0 Å². The molecule has 558 valence electrons. The lowest BCUT2D eigenvalue weighted by atomic mass is 9.99. The van der Waals surface area contributed by atoms with Gasteiger partial charge in [0.15, 0.2) is 12.2 Å². The van der Waals surface area contributed by atoms with Gasteiger partial charge in [-0.3, -0.25) is 37.3 Å². The summed E-state index contributed by atoms with van der Waals surface area (Å²) in [5.41, 5.74) is 0. The molecule has 4 unspecified atom stereocenters. The maximum absolute atomic E-state index is 13.1. The van der Waals surface area contributed by atoms with E-state index in [4.69, 9.17) is 37.0 Å². The zero-order valence-electron chi connectivity index (χ0n) is 61.4. The van der Waals surface area contributed by atoms with Crippen molar-refractivity contribution >= 4 is 39.5 Å². The average molecular weight is 1380 g/mol. The number of hydrogen-bond donors (Lipinski definition) is 3. The highest BCUT2D eigenvalue weighted by Gasteiger charge is 2.30. The maximum atomic E-state index is 13.1. The highest BCUT2D eigenvalue weighted by molar-refractivity contribution is 7.47. The van der Waals surface area contributed by atoms with Gasteiger partial charge in [-0.15, -0.1) is 0 Å². The number of aliphatic hydroxyl groups is 1. The largest absolute Gasteiger partial charge is 0.472 e. The van der Waals surface area contributed by atoms with Crippen LogP contribution in [-0.4, -0.2) is 96.7 Å². The molecule has 0 rings (SSSR count). The normalized spacial score (nSPS) is 14.7. The fourth-order valence-electron chi connectivity index (χ4n) is 11.4. The van der Waals surface area contributed by atoms with Crippen molar-refractivity contribution in [3.8, 4) is 0 Å². The summed E-state index contributed by atoms with van der Waals surface area (Å²) in [4.78, 5) is 72.6. The van der Waals surface area contributed by atoms with E-state index in [0.717, 1.165) is 120 Å². The zero-order valence-corrected chi connectivity index (χ0v) is 63.2. The van der Waals surface area contributed by atoms with Crippen LogP contribution in [0.25, 0.3) is 0 Å². The van der Waals surface area contributed by atoms with Crippen molar-refractivity contribution in [1.29, 1.82) is 0 Å². The summed E-state index contributed by atoms with van der Waals surface area (Å²) in [6, 6.07) is 0. The van der Waals surface area contributed by atoms with E-state index in [1.54, 1.807) is 0 Å². The second kappa shape index (κ2) is 65.7. The van der Waals surface area contributed by atoms with E-state index in [0.29, 0.717) is 25.7 Å². The Morgan fingerprint density at radius 1 is 0.309 bits per heavy atom. The third-order valence-electron chi connectivity index (χ3n) is 18.1. The van der Waals surface area contributed by atoms with Crippen LogP contribution in [0.5, 0.6) is 0 Å². The molecule has 0 radical (unpaired) electrons. The predicted octanol–water partition coefficient (Wildman–Crippen LogP) is 21.8. The van der Waals surface area contributed by atoms with E-state index in [-0.39, 0.29) is 25.7 Å². The predicted molar refractivity (Wildman–Crippen MR) is 381 cm³/mol. The van der Waals surface area contributed by atoms with E-state index in [2.05, 4.69) is 48.5 Å². The number of rotatable bonds is 73. The number of phosphoric acid groups is 2. The van der Waals surface area contributed by atoms with Crippen molar-refractivity contribution in [1.82, 2.24) is 0 Å². The van der Waals surface area contributed by atoms with Crippen LogP contribution in [0.1, 0.15) is 382 Å². The number of ether oxygens (including phenoxy) is 4. The summed E-state index contributed by atoms with van der Waals surface area (Å²) in [5.74, 6) is 0.273. The first-order chi connectivity index (χ1) is 45.3. The summed E-state index contributed by atoms with van der Waals surface area (Å²) in [6.07, 6.45) is 51.5. The minimum Gasteiger partial charge on any atom is -0.462 e. The Morgan fingerprint density at radius 3 is 0.809 bits per heavy atom. The van der Waals surface area contributed by atoms with Crippen molar-refractivity contribution in [3.05, 3.63) is 0 Å². The van der Waals surface area contributed by atoms with Crippen molar-refractivity contribution < 1.29 is 80.2 Å². The molecule has 17 nitrogen and oxygen atoms in total. The lowest BCUT2D eigenvalue weighted by Gasteiger charge is -2.21. The summed E-state index contributed by atoms with van der Waals surface area (Å²) < 4.78 is 68.3. The Kier molecular flexibility index (Phi) is 64.3. The summed E-state index contributed by atoms with van der Waals surface area (Å²) in [7, 11) is -9.90. The summed E-state index contributed by atoms with van der Waals surface area (Å²) in [6.45, 7) is 11.9. The molecule has 0 amide bonds. The monoisotopic (exact) mass is 1380 g/mol. The molecule has 0 aromatic heterocycles. The third kappa shape index (κ3) is 66.0. The van der Waals surface area contributed by atoms with Gasteiger partial charge in [0.1, 0.15) is 19.3 Å². The van der Waals surface area contributed by atoms with Crippen LogP contribution in [0.2, 0.25) is 0 Å². The van der Waals surface area contributed by atoms with Crippen molar-refractivity contribution in [3.63, 3.8) is 0 Å². The Labute approximate surface area is 575 Å². The number of esters is 4. The maximum Gasteiger partial charge on any atom is 0.472 e. The summed E-state index contributed by atoms with van der Waals surface area (Å²) in [5, 5.41) is 10.6. The molecular formula is C75H146O17P2. The molecule has 0 aliphatic heterocycles. The minimum atomic E-state index is -4.96. The van der Waals surface area contributed by atoms with Crippen LogP contribution >= 0.6 is 15.6 Å². The quantitative estimate of drug-likeness (QED) is 0.0222. The Bertz CT molecular complexity index is 1840. The van der Waals surface area contributed by atoms with Crippen LogP contribution in [-0.2, 0) is 65.4 Å². The Hall–Kier alpha value is -1.94. The van der Waals surface area contributed by atoms with Crippen molar-refractivity contribution in [2.45, 2.75) is 401 Å². The highest BCUT2D eigenvalue weighted by Crippen LogP contribution is 2.45. The van der Waals surface area contributed by atoms with Crippen LogP contribution in [0.3, 0.4) is 0 Å². The van der Waals surface area contributed by atoms with Crippen LogP contribution in [0.15, 0.2) is 0 Å². The SMILES string of the molecule is CCCCCCCCCC(=O)OC[C@H](COP(=O)(O)OC[C@H](O)COP(=O)(O)OC[C@@H](COC(=O)CCCCCCCCCCCCC(C)CC)OC(=O)CCCCCCCCCCCCCCCCCCCCC(C)CC)OC(=O)CCCCCCCCCCC(C)C. The van der Waals surface area contributed by atoms with Crippen LogP contribution in [0, 0.1) is 17.8 Å². The van der Waals surface area contributed by atoms with E-state index in [1.165, 1.54) is 180 Å². The van der Waals surface area contributed by atoms with E-state index >= 15 is 0 Å². The van der Waals surface area contributed by atoms with Gasteiger partial charge in [-0.05, 0) is 43.4 Å². The fourth-order valence-corrected chi connectivity index (χ4v) is 12.9. The van der Waals surface area contributed by atoms with E-state index < -0.39 is 97.5 Å². The van der Waals surface area contributed by atoms with Gasteiger partial charge < -0.3 is 33.8 Å². The van der Waals surface area contributed by atoms with E-state index in [9.17, 15) is 43.2 Å². The van der Waals surface area contributed by atoms with Crippen LogP contribution < -0.4 is 0 Å². The third-order valence-corrected chi connectivity index (χ3v) is 20.0. The number of phosphoric ester groups is 2. The summed E-state index contributed by atoms with van der Waals surface area (Å²) >= 11 is 0. The molecular weight excluding hydrogens is 1230 g/mol. The molecule has 0 saturated heterocycles. The molecule has 7 atom stereocenters. The molecule has 3 N–H and O–H groups in total. The zero-order chi connectivity index (χ0) is 69.4. The van der Waals surface area contributed by atoms with Gasteiger partial charge in [0.05, 0.1) is 26.4 Å². The first-order valence-corrected chi connectivity index (χ1v) is 41.9. The minimum absolute atomic E-state index is 0.104. The number of carbonyl (C=O) groups excluding carboxylic acids is 4. The number of unbranched alkanes of at least 4 members (excludes halogenated alkanes) is 39. The lowest BCUT2D eigenvalue weighted by molar-refractivity contribution is -0.161. The van der Waals surface area contributed by atoms with Crippen molar-refractivity contribution in [2.75, 3.05) is 39.6 Å². The number of aliphatic hydroxyl groups excluding tert-OH is 1. The van der Waals surface area contributed by atoms with Crippen molar-refractivity contribution in [2.24, 2.45) is 17.8 Å². The molecule has 0 heterocycles. The molecule has 0 saturated carbocycles. The van der Waals surface area contributed by atoms with Gasteiger partial charge in [-0.25, -0.2) is 9.13 Å². The second-order valence-corrected chi connectivity index (χ2v) is 30.9. The molecule has 0 aromatic carbocycles. The Morgan fingerprint density at radius 2 is 0.543 bits per heavy atom. The smallest absolute Gasteiger partial charge is 0.462 e. The van der Waals surface area contributed by atoms with Crippen LogP contribution in [0.4, 0.5) is 0 Å². The molecule has 94 heavy (non-hydrogen) atoms. The molecule has 19 heteroatoms. The lowest BCUT2D eigenvalue weighted by Crippen LogP contribution is -2.30. The topological polar surface area (TPSA) is 237 Å². The first-order valence-electron chi connectivity index (χ1n) is 38.9. The van der Waals surface area contributed by atoms with Gasteiger partial charge in [0.2, 0.25) is 0 Å².